The molecular weight excluding hydrogens is 100 g/mol. The Morgan fingerprint density at radius 3 is 2.12 bits per heavy atom. The molecular formula is C7H14O. The van der Waals surface area contributed by atoms with Crippen molar-refractivity contribution in [3.05, 3.63) is 0 Å². The van der Waals surface area contributed by atoms with Crippen LogP contribution in [-0.2, 0) is 0 Å². The molecule has 1 rings (SSSR count). The molecule has 0 bridgehead atoms. The molecule has 1 fully saturated rings. The molecule has 0 aromatic heterocycles. The third-order valence-corrected chi connectivity index (χ3v) is 2.08. The summed E-state index contributed by atoms with van der Waals surface area (Å²) in [6.07, 6.45) is 5.10. The van der Waals surface area contributed by atoms with Gasteiger partial charge >= 0.3 is 0 Å². The average molecular weight is 114 g/mol. The summed E-state index contributed by atoms with van der Waals surface area (Å²) in [6.45, 7) is 1.90. The first-order valence-electron chi connectivity index (χ1n) is 3.49. The molecule has 0 aromatic carbocycles. The molecule has 0 heterocycles. The van der Waals surface area contributed by atoms with Gasteiger partial charge in [0.15, 0.2) is 0 Å². The van der Waals surface area contributed by atoms with Gasteiger partial charge in [-0.15, -0.1) is 0 Å². The summed E-state index contributed by atoms with van der Waals surface area (Å²) in [5.41, 5.74) is 0. The molecule has 1 heteroatoms. The first kappa shape index (κ1) is 6.09. The fraction of sp³-hybridized carbons (Fsp3) is 1.00. The van der Waals surface area contributed by atoms with E-state index in [1.165, 1.54) is 25.7 Å². The van der Waals surface area contributed by atoms with Gasteiger partial charge in [-0.25, -0.2) is 0 Å². The predicted octanol–water partition coefficient (Wildman–Crippen LogP) is 1.56. The lowest BCUT2D eigenvalue weighted by Gasteiger charge is -2.10. The zero-order valence-electron chi connectivity index (χ0n) is 5.43. The topological polar surface area (TPSA) is 20.2 Å². The van der Waals surface area contributed by atoms with E-state index in [0.29, 0.717) is 5.92 Å². The lowest BCUT2D eigenvalue weighted by molar-refractivity contribution is 0.129. The van der Waals surface area contributed by atoms with E-state index in [4.69, 9.17) is 5.11 Å². The Balaban J connectivity index is 2.24. The Kier molecular flexibility index (Phi) is 1.90. The third-order valence-electron chi connectivity index (χ3n) is 2.08. The highest BCUT2D eigenvalue weighted by Crippen LogP contribution is 2.26. The molecule has 8 heavy (non-hydrogen) atoms. The first-order valence-corrected chi connectivity index (χ1v) is 3.49. The Hall–Kier alpha value is -0.0400. The van der Waals surface area contributed by atoms with Crippen LogP contribution in [0, 0.1) is 5.92 Å². The maximum atomic E-state index is 9.05. The SMILES string of the molecule is C[C@H](O)C1CCCC1. The van der Waals surface area contributed by atoms with Gasteiger partial charge in [0.2, 0.25) is 0 Å². The second-order valence-corrected chi connectivity index (χ2v) is 2.79. The second-order valence-electron chi connectivity index (χ2n) is 2.79. The number of hydrogen-bond donors (Lipinski definition) is 1. The van der Waals surface area contributed by atoms with Crippen molar-refractivity contribution >= 4 is 0 Å². The van der Waals surface area contributed by atoms with Gasteiger partial charge in [0.05, 0.1) is 6.10 Å². The minimum atomic E-state index is -0.0579. The molecule has 1 N–H and O–H groups in total. The Bertz CT molecular complexity index is 62.8. The van der Waals surface area contributed by atoms with Crippen molar-refractivity contribution in [3.63, 3.8) is 0 Å². The van der Waals surface area contributed by atoms with Crippen LogP contribution in [0.1, 0.15) is 32.6 Å². The van der Waals surface area contributed by atoms with Crippen molar-refractivity contribution in [1.82, 2.24) is 0 Å². The minimum Gasteiger partial charge on any atom is -0.393 e. The summed E-state index contributed by atoms with van der Waals surface area (Å²) in [6, 6.07) is 0. The van der Waals surface area contributed by atoms with Crippen molar-refractivity contribution in [3.8, 4) is 0 Å². The van der Waals surface area contributed by atoms with Gasteiger partial charge in [0.25, 0.3) is 0 Å². The predicted molar refractivity (Wildman–Crippen MR) is 33.6 cm³/mol. The summed E-state index contributed by atoms with van der Waals surface area (Å²) in [5.74, 6) is 0.620. The Labute approximate surface area is 50.7 Å². The van der Waals surface area contributed by atoms with E-state index in [2.05, 4.69) is 0 Å². The van der Waals surface area contributed by atoms with Crippen LogP contribution in [0.3, 0.4) is 0 Å². The van der Waals surface area contributed by atoms with Gasteiger partial charge < -0.3 is 5.11 Å². The van der Waals surface area contributed by atoms with Gasteiger partial charge in [-0.2, -0.15) is 0 Å². The molecule has 0 radical (unpaired) electrons. The summed E-state index contributed by atoms with van der Waals surface area (Å²) < 4.78 is 0. The van der Waals surface area contributed by atoms with Crippen LogP contribution >= 0.6 is 0 Å². The molecule has 0 aliphatic heterocycles. The van der Waals surface area contributed by atoms with Gasteiger partial charge in [0, 0.05) is 0 Å². The molecule has 1 aliphatic rings. The normalized spacial score (nSPS) is 26.2. The average Bonchev–Trinajstić information content (AvgIpc) is 2.12. The maximum absolute atomic E-state index is 9.05. The van der Waals surface area contributed by atoms with Gasteiger partial charge in [0.1, 0.15) is 0 Å². The Morgan fingerprint density at radius 2 is 1.88 bits per heavy atom. The van der Waals surface area contributed by atoms with Crippen LogP contribution in [0.2, 0.25) is 0 Å². The van der Waals surface area contributed by atoms with Crippen LogP contribution < -0.4 is 0 Å². The molecule has 0 saturated heterocycles. The molecule has 0 aromatic rings. The molecule has 1 nitrogen and oxygen atoms in total. The fourth-order valence-electron chi connectivity index (χ4n) is 1.44. The van der Waals surface area contributed by atoms with Gasteiger partial charge in [-0.3, -0.25) is 0 Å². The highest BCUT2D eigenvalue weighted by atomic mass is 16.3. The molecule has 0 amide bonds. The third kappa shape index (κ3) is 1.22. The molecule has 48 valence electrons. The lowest BCUT2D eigenvalue weighted by Crippen LogP contribution is -2.11. The first-order chi connectivity index (χ1) is 3.80. The van der Waals surface area contributed by atoms with Crippen molar-refractivity contribution < 1.29 is 5.11 Å². The van der Waals surface area contributed by atoms with Crippen LogP contribution in [0.5, 0.6) is 0 Å². The van der Waals surface area contributed by atoms with E-state index >= 15 is 0 Å². The van der Waals surface area contributed by atoms with E-state index in [9.17, 15) is 0 Å². The highest BCUT2D eigenvalue weighted by molar-refractivity contribution is 4.70. The van der Waals surface area contributed by atoms with E-state index in [-0.39, 0.29) is 6.10 Å². The zero-order valence-corrected chi connectivity index (χ0v) is 5.43. The molecule has 0 unspecified atom stereocenters. The largest absolute Gasteiger partial charge is 0.393 e. The summed E-state index contributed by atoms with van der Waals surface area (Å²) >= 11 is 0. The molecule has 1 atom stereocenters. The standard InChI is InChI=1S/C7H14O/c1-6(8)7-4-2-3-5-7/h6-8H,2-5H2,1H3/t6-/m0/s1. The van der Waals surface area contributed by atoms with Crippen LogP contribution in [0.25, 0.3) is 0 Å². The highest BCUT2D eigenvalue weighted by Gasteiger charge is 2.18. The minimum absolute atomic E-state index is 0.0579. The molecule has 0 spiro atoms. The summed E-state index contributed by atoms with van der Waals surface area (Å²) in [5, 5.41) is 9.05. The smallest absolute Gasteiger partial charge is 0.0540 e. The lowest BCUT2D eigenvalue weighted by atomic mass is 10.0. The zero-order chi connectivity index (χ0) is 5.98. The number of aliphatic hydroxyl groups excluding tert-OH is 1. The molecule has 1 saturated carbocycles. The van der Waals surface area contributed by atoms with Crippen molar-refractivity contribution in [2.45, 2.75) is 38.7 Å². The van der Waals surface area contributed by atoms with E-state index in [1.54, 1.807) is 0 Å². The fourth-order valence-corrected chi connectivity index (χ4v) is 1.44. The number of aliphatic hydroxyl groups is 1. The van der Waals surface area contributed by atoms with Crippen LogP contribution in [0.15, 0.2) is 0 Å². The van der Waals surface area contributed by atoms with Crippen molar-refractivity contribution in [2.24, 2.45) is 5.92 Å². The van der Waals surface area contributed by atoms with Gasteiger partial charge in [-0.1, -0.05) is 12.8 Å². The summed E-state index contributed by atoms with van der Waals surface area (Å²) in [4.78, 5) is 0. The maximum Gasteiger partial charge on any atom is 0.0540 e. The van der Waals surface area contributed by atoms with Crippen LogP contribution in [-0.4, -0.2) is 11.2 Å². The number of hydrogen-bond acceptors (Lipinski definition) is 1. The van der Waals surface area contributed by atoms with E-state index in [0.717, 1.165) is 0 Å². The van der Waals surface area contributed by atoms with Crippen LogP contribution in [0.4, 0.5) is 0 Å². The van der Waals surface area contributed by atoms with E-state index in [1.807, 2.05) is 6.92 Å². The second kappa shape index (κ2) is 2.49. The monoisotopic (exact) mass is 114 g/mol. The van der Waals surface area contributed by atoms with Crippen molar-refractivity contribution in [1.29, 1.82) is 0 Å². The van der Waals surface area contributed by atoms with E-state index < -0.39 is 0 Å². The number of rotatable bonds is 1. The quantitative estimate of drug-likeness (QED) is 0.548. The Morgan fingerprint density at radius 1 is 1.38 bits per heavy atom. The van der Waals surface area contributed by atoms with Crippen molar-refractivity contribution in [2.75, 3.05) is 0 Å². The van der Waals surface area contributed by atoms with Gasteiger partial charge in [-0.05, 0) is 25.7 Å². The molecule has 1 aliphatic carbocycles. The summed E-state index contributed by atoms with van der Waals surface area (Å²) in [7, 11) is 0.